The lowest BCUT2D eigenvalue weighted by molar-refractivity contribution is -0.146. The number of methoxy groups -OCH3 is 1. The first kappa shape index (κ1) is 32.4. The van der Waals surface area contributed by atoms with E-state index in [9.17, 15) is 29.9 Å². The van der Waals surface area contributed by atoms with E-state index < -0.39 is 56.2 Å². The van der Waals surface area contributed by atoms with E-state index in [-0.39, 0.29) is 18.2 Å². The summed E-state index contributed by atoms with van der Waals surface area (Å²) in [6.45, 7) is 0.303. The molecule has 0 radical (unpaired) electrons. The van der Waals surface area contributed by atoms with E-state index >= 15 is 0 Å². The Balaban J connectivity index is 1.58. The van der Waals surface area contributed by atoms with E-state index in [1.807, 2.05) is 0 Å². The van der Waals surface area contributed by atoms with Crippen LogP contribution in [0.3, 0.4) is 0 Å². The number of nitrogen functional groups attached to an aromatic ring is 1. The van der Waals surface area contributed by atoms with Crippen molar-refractivity contribution in [3.63, 3.8) is 0 Å². The van der Waals surface area contributed by atoms with Crippen molar-refractivity contribution in [3.8, 4) is 11.5 Å². The van der Waals surface area contributed by atoms with Gasteiger partial charge in [-0.3, -0.25) is 13.9 Å². The maximum atomic E-state index is 14.1. The number of carbonyl (C=O) groups excluding carboxylic acids is 1. The Bertz CT molecular complexity index is 1620. The van der Waals surface area contributed by atoms with Gasteiger partial charge in [-0.1, -0.05) is 41.5 Å². The van der Waals surface area contributed by atoms with Gasteiger partial charge in [-0.15, -0.1) is 0 Å². The third-order valence-corrected chi connectivity index (χ3v) is 8.00. The van der Waals surface area contributed by atoms with E-state index in [1.54, 1.807) is 42.5 Å². The zero-order valence-electron chi connectivity index (χ0n) is 23.5. The molecule has 4 rings (SSSR count). The van der Waals surface area contributed by atoms with E-state index in [2.05, 4.69) is 20.1 Å². The van der Waals surface area contributed by atoms with Crippen molar-refractivity contribution < 1.29 is 42.8 Å². The molecule has 0 aliphatic carbocycles. The molecule has 1 saturated heterocycles. The van der Waals surface area contributed by atoms with E-state index in [1.165, 1.54) is 32.2 Å². The number of azide groups is 1. The Morgan fingerprint density at radius 1 is 1.25 bits per heavy atom. The van der Waals surface area contributed by atoms with E-state index in [4.69, 9.17) is 29.0 Å². The summed E-state index contributed by atoms with van der Waals surface area (Å²) in [5.74, 6) is -0.576. The fourth-order valence-corrected chi connectivity index (χ4v) is 5.63. The van der Waals surface area contributed by atoms with Crippen LogP contribution < -0.4 is 25.8 Å². The molecule has 1 aliphatic rings. The molecule has 5 N–H and O–H groups in total. The topological polar surface area (TPSA) is 242 Å². The Kier molecular flexibility index (Phi) is 10.2. The minimum atomic E-state index is -4.61. The highest BCUT2D eigenvalue weighted by atomic mass is 31.2. The average Bonchev–Trinajstić information content (AvgIpc) is 3.25. The molecule has 0 amide bonds. The monoisotopic (exact) mass is 631 g/mol. The third-order valence-electron chi connectivity index (χ3n) is 6.38. The molecule has 2 heterocycles. The summed E-state index contributed by atoms with van der Waals surface area (Å²) in [7, 11) is -3.20. The van der Waals surface area contributed by atoms with Crippen LogP contribution in [0.1, 0.15) is 18.7 Å². The number of rotatable bonds is 13. The van der Waals surface area contributed by atoms with Crippen LogP contribution in [0.2, 0.25) is 0 Å². The van der Waals surface area contributed by atoms with Gasteiger partial charge in [0.1, 0.15) is 42.2 Å². The summed E-state index contributed by atoms with van der Waals surface area (Å²) >= 11 is 0. The van der Waals surface area contributed by atoms with Crippen molar-refractivity contribution in [1.82, 2.24) is 14.6 Å². The van der Waals surface area contributed by atoms with Gasteiger partial charge in [0.15, 0.2) is 6.23 Å². The number of aromatic nitrogens is 2. The number of nitrogens with zero attached hydrogens (tertiary/aromatic N) is 5. The molecule has 18 heteroatoms. The van der Waals surface area contributed by atoms with Crippen LogP contribution >= 0.6 is 7.75 Å². The van der Waals surface area contributed by atoms with Gasteiger partial charge in [0, 0.05) is 17.2 Å². The maximum Gasteiger partial charge on any atom is 0.459 e. The first-order valence-electron chi connectivity index (χ1n) is 13.0. The number of nitrogens with one attached hydrogen (secondary N) is 1. The van der Waals surface area contributed by atoms with Crippen LogP contribution in [0, 0.1) is 0 Å². The SMILES string of the molecule is COc1cccc(OP(=O)(N[C@@H](C)C(=O)OCc2ccccc2)OCC2(N=[N+]=[N-])O[C@@H](n3ccc(N)nc3=O)[C@H](O)[C@@H]2O)c1. The van der Waals surface area contributed by atoms with Crippen LogP contribution in [0.4, 0.5) is 5.82 Å². The highest BCUT2D eigenvalue weighted by Crippen LogP contribution is 2.48. The molecule has 6 atom stereocenters. The van der Waals surface area contributed by atoms with Gasteiger partial charge in [-0.25, -0.2) is 9.36 Å². The molecule has 0 saturated carbocycles. The Morgan fingerprint density at radius 2 is 1.98 bits per heavy atom. The number of hydrogen-bond acceptors (Lipinski definition) is 13. The first-order chi connectivity index (χ1) is 21.0. The molecule has 44 heavy (non-hydrogen) atoms. The van der Waals surface area contributed by atoms with Gasteiger partial charge in [-0.05, 0) is 36.2 Å². The number of aliphatic hydroxyl groups is 2. The van der Waals surface area contributed by atoms with Crippen LogP contribution in [0.15, 0.2) is 76.8 Å². The number of nitrogens with two attached hydrogens (primary N) is 1. The molecular formula is C26H30N7O10P. The van der Waals surface area contributed by atoms with Crippen molar-refractivity contribution >= 4 is 19.5 Å². The smallest absolute Gasteiger partial charge is 0.459 e. The van der Waals surface area contributed by atoms with Gasteiger partial charge in [0.25, 0.3) is 0 Å². The zero-order valence-corrected chi connectivity index (χ0v) is 24.4. The zero-order chi connectivity index (χ0) is 31.9. The Labute approximate surface area is 250 Å². The Hall–Kier alpha value is -4.47. The number of esters is 1. The van der Waals surface area contributed by atoms with Gasteiger partial charge in [0.2, 0.25) is 5.72 Å². The molecule has 2 unspecified atom stereocenters. The summed E-state index contributed by atoms with van der Waals surface area (Å²) in [6, 6.07) is 14.8. The normalized spacial score (nSPS) is 23.1. The second-order valence-electron chi connectivity index (χ2n) is 9.51. The van der Waals surface area contributed by atoms with Crippen LogP contribution in [0.25, 0.3) is 10.4 Å². The molecule has 234 valence electrons. The standard InChI is InChI=1S/C26H30N7O10P/c1-16(24(36)40-14-17-7-4-3-5-8-17)30-44(38,43-19-10-6-9-18(13-19)39-2)41-15-26(31-32-28)22(35)21(34)23(42-26)33-12-11-20(27)29-25(33)37/h3-13,16,21-23,34-35H,14-15H2,1-2H3,(H,30,38)(H2,27,29,37)/t16-,21+,22-,23+,26?,44?/m0/s1. The van der Waals surface area contributed by atoms with Crippen LogP contribution in [-0.4, -0.2) is 63.4 Å². The molecule has 1 aliphatic heterocycles. The van der Waals surface area contributed by atoms with Gasteiger partial charge < -0.3 is 34.7 Å². The molecule has 1 fully saturated rings. The predicted molar refractivity (Wildman–Crippen MR) is 153 cm³/mol. The van der Waals surface area contributed by atoms with Crippen molar-refractivity contribution in [3.05, 3.63) is 93.4 Å². The molecule has 0 spiro atoms. The largest absolute Gasteiger partial charge is 0.497 e. The lowest BCUT2D eigenvalue weighted by Crippen LogP contribution is -2.45. The molecule has 1 aromatic heterocycles. The van der Waals surface area contributed by atoms with Crippen LogP contribution in [0.5, 0.6) is 11.5 Å². The molecule has 3 aromatic rings. The molecule has 2 aromatic carbocycles. The number of anilines is 1. The summed E-state index contributed by atoms with van der Waals surface area (Å²) in [5.41, 5.74) is 12.2. The highest BCUT2D eigenvalue weighted by Gasteiger charge is 2.56. The van der Waals surface area contributed by atoms with Gasteiger partial charge in [-0.2, -0.15) is 10.1 Å². The average molecular weight is 632 g/mol. The number of carbonyl (C=O) groups is 1. The lowest BCUT2D eigenvalue weighted by Gasteiger charge is -2.29. The molecule has 0 bridgehead atoms. The van der Waals surface area contributed by atoms with Gasteiger partial charge in [0.05, 0.1) is 13.7 Å². The second kappa shape index (κ2) is 13.9. The minimum Gasteiger partial charge on any atom is -0.497 e. The van der Waals surface area contributed by atoms with E-state index in [0.717, 1.165) is 10.8 Å². The first-order valence-corrected chi connectivity index (χ1v) is 14.5. The molecule has 17 nitrogen and oxygen atoms in total. The quantitative estimate of drug-likeness (QED) is 0.0694. The summed E-state index contributed by atoms with van der Waals surface area (Å²) in [5, 5.41) is 27.6. The van der Waals surface area contributed by atoms with Crippen molar-refractivity contribution in [2.24, 2.45) is 5.11 Å². The maximum absolute atomic E-state index is 14.1. The fraction of sp³-hybridized carbons (Fsp3) is 0.346. The fourth-order valence-electron chi connectivity index (χ4n) is 4.13. The predicted octanol–water partition coefficient (Wildman–Crippen LogP) is 2.02. The van der Waals surface area contributed by atoms with Gasteiger partial charge >= 0.3 is 19.4 Å². The highest BCUT2D eigenvalue weighted by molar-refractivity contribution is 7.52. The van der Waals surface area contributed by atoms with Crippen molar-refractivity contribution in [2.75, 3.05) is 19.5 Å². The van der Waals surface area contributed by atoms with E-state index in [0.29, 0.717) is 11.3 Å². The third kappa shape index (κ3) is 7.53. The number of aliphatic hydroxyl groups excluding tert-OH is 2. The second-order valence-corrected chi connectivity index (χ2v) is 11.2. The summed E-state index contributed by atoms with van der Waals surface area (Å²) in [6.07, 6.45) is -4.30. The summed E-state index contributed by atoms with van der Waals surface area (Å²) in [4.78, 5) is 31.4. The molecular weight excluding hydrogens is 601 g/mol. The van der Waals surface area contributed by atoms with Crippen LogP contribution in [-0.2, 0) is 30.0 Å². The van der Waals surface area contributed by atoms with Crippen molar-refractivity contribution in [2.45, 2.75) is 43.7 Å². The van der Waals surface area contributed by atoms with Crippen molar-refractivity contribution in [1.29, 1.82) is 0 Å². The Morgan fingerprint density at radius 3 is 2.66 bits per heavy atom. The minimum absolute atomic E-state index is 0.00632. The number of hydrogen-bond donors (Lipinski definition) is 4. The number of ether oxygens (including phenoxy) is 3. The lowest BCUT2D eigenvalue weighted by atomic mass is 10.1. The number of benzene rings is 2. The summed E-state index contributed by atoms with van der Waals surface area (Å²) < 4.78 is 42.2.